The molecule has 4 N–H and O–H groups in total. The van der Waals surface area contributed by atoms with Crippen LogP contribution in [0.5, 0.6) is 0 Å². The van der Waals surface area contributed by atoms with Crippen LogP contribution in [0.2, 0.25) is 0 Å². The molecule has 2 rings (SSSR count). The summed E-state index contributed by atoms with van der Waals surface area (Å²) in [6.07, 6.45) is 2.13. The fourth-order valence-corrected chi connectivity index (χ4v) is 1.93. The van der Waals surface area contributed by atoms with Gasteiger partial charge in [0.25, 0.3) is 0 Å². The number of carbonyl (C=O) groups excluding carboxylic acids is 1. The van der Waals surface area contributed by atoms with E-state index in [1.54, 1.807) is 17.0 Å². The Morgan fingerprint density at radius 3 is 2.84 bits per heavy atom. The number of pyridine rings is 1. The lowest BCUT2D eigenvalue weighted by Crippen LogP contribution is -2.35. The lowest BCUT2D eigenvalue weighted by molar-refractivity contribution is -0.136. The number of amides is 2. The zero-order valence-corrected chi connectivity index (χ0v) is 10.4. The molecule has 19 heavy (non-hydrogen) atoms. The second-order valence-electron chi connectivity index (χ2n) is 4.53. The molecule has 1 aromatic rings. The maximum absolute atomic E-state index is 11.9. The third kappa shape index (κ3) is 3.65. The number of nitrogens with one attached hydrogen (secondary N) is 1. The molecule has 1 unspecified atom stereocenters. The quantitative estimate of drug-likeness (QED) is 0.726. The largest absolute Gasteiger partial charge is 0.481 e. The highest BCUT2D eigenvalue weighted by Gasteiger charge is 2.23. The standard InChI is InChI=1S/C12H16N4O3/c13-8-3-4-16(7-8)12(19)15-10-2-1-9(14-6-10)5-11(17)18/h1-2,6,8H,3-5,7,13H2,(H,15,19)(H,17,18). The molecule has 0 radical (unpaired) electrons. The molecule has 0 saturated carbocycles. The molecule has 102 valence electrons. The zero-order valence-electron chi connectivity index (χ0n) is 10.4. The van der Waals surface area contributed by atoms with E-state index in [1.807, 2.05) is 0 Å². The van der Waals surface area contributed by atoms with Crippen LogP contribution >= 0.6 is 0 Å². The predicted octanol–water partition coefficient (Wildman–Crippen LogP) is 0.274. The van der Waals surface area contributed by atoms with Gasteiger partial charge in [-0.1, -0.05) is 0 Å². The van der Waals surface area contributed by atoms with Gasteiger partial charge in [-0.05, 0) is 18.6 Å². The first-order valence-corrected chi connectivity index (χ1v) is 6.03. The molecule has 1 aliphatic rings. The maximum Gasteiger partial charge on any atom is 0.321 e. The highest BCUT2D eigenvalue weighted by molar-refractivity contribution is 5.89. The first-order valence-electron chi connectivity index (χ1n) is 6.03. The minimum Gasteiger partial charge on any atom is -0.481 e. The van der Waals surface area contributed by atoms with Crippen LogP contribution in [0.3, 0.4) is 0 Å². The second kappa shape index (κ2) is 5.66. The SMILES string of the molecule is NC1CCN(C(=O)Nc2ccc(CC(=O)O)nc2)C1. The monoisotopic (exact) mass is 264 g/mol. The predicted molar refractivity (Wildman–Crippen MR) is 68.8 cm³/mol. The fourth-order valence-electron chi connectivity index (χ4n) is 1.93. The van der Waals surface area contributed by atoms with E-state index < -0.39 is 5.97 Å². The van der Waals surface area contributed by atoms with Crippen LogP contribution in [0.15, 0.2) is 18.3 Å². The van der Waals surface area contributed by atoms with Gasteiger partial charge < -0.3 is 21.1 Å². The number of aliphatic carboxylic acids is 1. The molecule has 0 spiro atoms. The van der Waals surface area contributed by atoms with E-state index in [4.69, 9.17) is 10.8 Å². The highest BCUT2D eigenvalue weighted by atomic mass is 16.4. The van der Waals surface area contributed by atoms with Gasteiger partial charge in [-0.3, -0.25) is 9.78 Å². The lowest BCUT2D eigenvalue weighted by atomic mass is 10.2. The molecule has 1 fully saturated rings. The minimum absolute atomic E-state index is 0.0433. The number of likely N-dealkylation sites (tertiary alicyclic amines) is 1. The average Bonchev–Trinajstić information content (AvgIpc) is 2.78. The normalized spacial score (nSPS) is 18.4. The molecule has 2 amide bonds. The van der Waals surface area contributed by atoms with Crippen LogP contribution in [-0.4, -0.2) is 46.1 Å². The van der Waals surface area contributed by atoms with Gasteiger partial charge in [-0.2, -0.15) is 0 Å². The molecule has 1 aliphatic heterocycles. The molecule has 1 aromatic heterocycles. The van der Waals surface area contributed by atoms with E-state index in [0.717, 1.165) is 6.42 Å². The summed E-state index contributed by atoms with van der Waals surface area (Å²) >= 11 is 0. The highest BCUT2D eigenvalue weighted by Crippen LogP contribution is 2.11. The molecule has 0 aromatic carbocycles. The minimum atomic E-state index is -0.935. The second-order valence-corrected chi connectivity index (χ2v) is 4.53. The molecule has 0 bridgehead atoms. The zero-order chi connectivity index (χ0) is 13.8. The summed E-state index contributed by atoms with van der Waals surface area (Å²) in [5.41, 5.74) is 6.73. The van der Waals surface area contributed by atoms with Crippen molar-refractivity contribution in [3.05, 3.63) is 24.0 Å². The van der Waals surface area contributed by atoms with Gasteiger partial charge in [-0.15, -0.1) is 0 Å². The molecule has 0 aliphatic carbocycles. The van der Waals surface area contributed by atoms with Gasteiger partial charge in [0.2, 0.25) is 0 Å². The van der Waals surface area contributed by atoms with E-state index >= 15 is 0 Å². The summed E-state index contributed by atoms with van der Waals surface area (Å²) in [7, 11) is 0. The third-order valence-corrected chi connectivity index (χ3v) is 2.92. The van der Waals surface area contributed by atoms with Crippen LogP contribution in [-0.2, 0) is 11.2 Å². The first kappa shape index (κ1) is 13.3. The van der Waals surface area contributed by atoms with Crippen molar-refractivity contribution < 1.29 is 14.7 Å². The Hall–Kier alpha value is -2.15. The Kier molecular flexibility index (Phi) is 3.96. The topological polar surface area (TPSA) is 109 Å². The van der Waals surface area contributed by atoms with Crippen molar-refractivity contribution in [3.63, 3.8) is 0 Å². The summed E-state index contributed by atoms with van der Waals surface area (Å²) in [6, 6.07) is 3.06. The van der Waals surface area contributed by atoms with Gasteiger partial charge in [0.1, 0.15) is 0 Å². The number of carboxylic acids is 1. The van der Waals surface area contributed by atoms with Crippen molar-refractivity contribution in [1.82, 2.24) is 9.88 Å². The van der Waals surface area contributed by atoms with Gasteiger partial charge in [0, 0.05) is 19.1 Å². The smallest absolute Gasteiger partial charge is 0.321 e. The Labute approximate surface area is 110 Å². The van der Waals surface area contributed by atoms with Gasteiger partial charge in [0.15, 0.2) is 0 Å². The number of carboxylic acid groups (broad SMARTS) is 1. The van der Waals surface area contributed by atoms with Crippen LogP contribution in [0, 0.1) is 0 Å². The van der Waals surface area contributed by atoms with Crippen LogP contribution in [0.4, 0.5) is 10.5 Å². The Morgan fingerprint density at radius 2 is 2.32 bits per heavy atom. The van der Waals surface area contributed by atoms with Crippen molar-refractivity contribution in [1.29, 1.82) is 0 Å². The van der Waals surface area contributed by atoms with Gasteiger partial charge in [0.05, 0.1) is 24.0 Å². The van der Waals surface area contributed by atoms with E-state index in [9.17, 15) is 9.59 Å². The summed E-state index contributed by atoms with van der Waals surface area (Å²) in [5.74, 6) is -0.935. The molecule has 1 atom stereocenters. The van der Waals surface area contributed by atoms with E-state index in [2.05, 4.69) is 10.3 Å². The van der Waals surface area contributed by atoms with Crippen molar-refractivity contribution >= 4 is 17.7 Å². The van der Waals surface area contributed by atoms with E-state index in [0.29, 0.717) is 24.5 Å². The van der Waals surface area contributed by atoms with Crippen LogP contribution in [0.1, 0.15) is 12.1 Å². The van der Waals surface area contributed by atoms with Crippen molar-refractivity contribution in [2.75, 3.05) is 18.4 Å². The molecule has 7 heteroatoms. The van der Waals surface area contributed by atoms with Crippen molar-refractivity contribution in [3.8, 4) is 0 Å². The third-order valence-electron chi connectivity index (χ3n) is 2.92. The van der Waals surface area contributed by atoms with E-state index in [1.165, 1.54) is 6.20 Å². The average molecular weight is 264 g/mol. The lowest BCUT2D eigenvalue weighted by Gasteiger charge is -2.16. The number of aromatic nitrogens is 1. The molecular weight excluding hydrogens is 248 g/mol. The van der Waals surface area contributed by atoms with Crippen molar-refractivity contribution in [2.45, 2.75) is 18.9 Å². The number of urea groups is 1. The number of carbonyl (C=O) groups is 2. The Bertz CT molecular complexity index is 474. The van der Waals surface area contributed by atoms with E-state index in [-0.39, 0.29) is 18.5 Å². The van der Waals surface area contributed by atoms with Gasteiger partial charge in [-0.25, -0.2) is 4.79 Å². The van der Waals surface area contributed by atoms with Crippen LogP contribution in [0.25, 0.3) is 0 Å². The summed E-state index contributed by atoms with van der Waals surface area (Å²) in [4.78, 5) is 28.0. The fraction of sp³-hybridized carbons (Fsp3) is 0.417. The summed E-state index contributed by atoms with van der Waals surface area (Å²) in [6.45, 7) is 1.20. The Balaban J connectivity index is 1.92. The number of nitrogens with zero attached hydrogens (tertiary/aromatic N) is 2. The number of nitrogens with two attached hydrogens (primary N) is 1. The molecule has 1 saturated heterocycles. The number of anilines is 1. The molecular formula is C12H16N4O3. The first-order chi connectivity index (χ1) is 9.04. The van der Waals surface area contributed by atoms with Crippen LogP contribution < -0.4 is 11.1 Å². The van der Waals surface area contributed by atoms with Crippen molar-refractivity contribution in [2.24, 2.45) is 5.73 Å². The number of hydrogen-bond donors (Lipinski definition) is 3. The number of hydrogen-bond acceptors (Lipinski definition) is 4. The van der Waals surface area contributed by atoms with Gasteiger partial charge >= 0.3 is 12.0 Å². The Morgan fingerprint density at radius 1 is 1.53 bits per heavy atom. The maximum atomic E-state index is 11.9. The molecule has 2 heterocycles. The summed E-state index contributed by atoms with van der Waals surface area (Å²) in [5, 5.41) is 11.3. The molecule has 7 nitrogen and oxygen atoms in total. The summed E-state index contributed by atoms with van der Waals surface area (Å²) < 4.78 is 0. The number of rotatable bonds is 3.